The molecule has 1 saturated heterocycles. The fraction of sp³-hybridized carbons (Fsp3) is 0.857. The van der Waals surface area contributed by atoms with E-state index >= 15 is 0 Å². The van der Waals surface area contributed by atoms with Crippen LogP contribution in [0.4, 0.5) is 0 Å². The van der Waals surface area contributed by atoms with E-state index in [-0.39, 0.29) is 23.9 Å². The largest absolute Gasteiger partial charge is 0.354 e. The van der Waals surface area contributed by atoms with Crippen LogP contribution >= 0.6 is 0 Å². The maximum atomic E-state index is 11.8. The molecule has 5 nitrogen and oxygen atoms in total. The van der Waals surface area contributed by atoms with Gasteiger partial charge in [0.15, 0.2) is 0 Å². The first-order valence-electron chi connectivity index (χ1n) is 7.29. The van der Waals surface area contributed by atoms with Crippen molar-refractivity contribution in [1.29, 1.82) is 0 Å². The van der Waals surface area contributed by atoms with Gasteiger partial charge in [-0.2, -0.15) is 0 Å². The molecule has 0 saturated carbocycles. The molecule has 1 aliphatic rings. The number of hydrogen-bond donors (Lipinski definition) is 3. The lowest BCUT2D eigenvalue weighted by molar-refractivity contribution is -0.123. The van der Waals surface area contributed by atoms with Gasteiger partial charge in [0, 0.05) is 31.0 Å². The lowest BCUT2D eigenvalue weighted by Crippen LogP contribution is -2.46. The number of carbonyl (C=O) groups is 2. The Morgan fingerprint density at radius 1 is 1.26 bits per heavy atom. The molecule has 1 aliphatic heterocycles. The molecule has 0 aromatic rings. The van der Waals surface area contributed by atoms with Crippen molar-refractivity contribution in [2.75, 3.05) is 6.54 Å². The minimum Gasteiger partial charge on any atom is -0.354 e. The van der Waals surface area contributed by atoms with Crippen LogP contribution in [0.15, 0.2) is 0 Å². The quantitative estimate of drug-likeness (QED) is 0.672. The van der Waals surface area contributed by atoms with Gasteiger partial charge in [-0.3, -0.25) is 9.59 Å². The smallest absolute Gasteiger partial charge is 0.220 e. The van der Waals surface area contributed by atoms with Gasteiger partial charge in [-0.1, -0.05) is 0 Å². The van der Waals surface area contributed by atoms with Crippen molar-refractivity contribution in [1.82, 2.24) is 16.0 Å². The Balaban J connectivity index is 2.12. The number of carbonyl (C=O) groups excluding carboxylic acids is 2. The molecule has 0 aromatic heterocycles. The van der Waals surface area contributed by atoms with Crippen molar-refractivity contribution in [2.45, 2.75) is 71.0 Å². The van der Waals surface area contributed by atoms with Crippen LogP contribution in [0.2, 0.25) is 0 Å². The summed E-state index contributed by atoms with van der Waals surface area (Å²) in [5, 5.41) is 9.24. The summed E-state index contributed by atoms with van der Waals surface area (Å²) in [7, 11) is 0. The van der Waals surface area contributed by atoms with Crippen LogP contribution in [0.25, 0.3) is 0 Å². The van der Waals surface area contributed by atoms with Crippen LogP contribution in [0.1, 0.15) is 52.9 Å². The number of rotatable bonds is 6. The Morgan fingerprint density at radius 2 is 1.95 bits per heavy atom. The third-order valence-corrected chi connectivity index (χ3v) is 3.25. The van der Waals surface area contributed by atoms with E-state index in [9.17, 15) is 9.59 Å². The first kappa shape index (κ1) is 16.0. The van der Waals surface area contributed by atoms with Crippen LogP contribution in [0.5, 0.6) is 0 Å². The van der Waals surface area contributed by atoms with Crippen LogP contribution < -0.4 is 16.0 Å². The molecule has 110 valence electrons. The van der Waals surface area contributed by atoms with Gasteiger partial charge in [0.2, 0.25) is 11.8 Å². The molecule has 19 heavy (non-hydrogen) atoms. The summed E-state index contributed by atoms with van der Waals surface area (Å²) in [6.45, 7) is 6.96. The van der Waals surface area contributed by atoms with Gasteiger partial charge in [-0.25, -0.2) is 0 Å². The third kappa shape index (κ3) is 7.15. The Hall–Kier alpha value is -1.10. The maximum Gasteiger partial charge on any atom is 0.220 e. The van der Waals surface area contributed by atoms with Gasteiger partial charge in [0.25, 0.3) is 0 Å². The molecule has 5 heteroatoms. The average molecular weight is 269 g/mol. The highest BCUT2D eigenvalue weighted by Gasteiger charge is 2.19. The maximum absolute atomic E-state index is 11.8. The second-order valence-corrected chi connectivity index (χ2v) is 5.72. The summed E-state index contributed by atoms with van der Waals surface area (Å²) in [4.78, 5) is 23.2. The summed E-state index contributed by atoms with van der Waals surface area (Å²) in [5.41, 5.74) is 0. The second kappa shape index (κ2) is 8.15. The van der Waals surface area contributed by atoms with Crippen LogP contribution in [-0.4, -0.2) is 36.5 Å². The molecular formula is C14H27N3O2. The molecule has 2 unspecified atom stereocenters. The normalized spacial score (nSPS) is 23.2. The first-order valence-corrected chi connectivity index (χ1v) is 7.29. The molecule has 0 aliphatic carbocycles. The van der Waals surface area contributed by atoms with Gasteiger partial charge in [0.05, 0.1) is 0 Å². The van der Waals surface area contributed by atoms with Gasteiger partial charge in [-0.05, 0) is 46.6 Å². The standard InChI is InChI=1S/C14H27N3O2/c1-10(2)16-13(18)5-4-6-14(19)17-12-7-8-15-11(3)9-12/h10-12,15H,4-9H2,1-3H3,(H,16,18)(H,17,19). The lowest BCUT2D eigenvalue weighted by Gasteiger charge is -2.28. The summed E-state index contributed by atoms with van der Waals surface area (Å²) >= 11 is 0. The van der Waals surface area contributed by atoms with E-state index < -0.39 is 0 Å². The van der Waals surface area contributed by atoms with Gasteiger partial charge in [0.1, 0.15) is 0 Å². The molecule has 1 rings (SSSR count). The molecule has 1 heterocycles. The molecule has 0 aromatic carbocycles. The van der Waals surface area contributed by atoms with Crippen molar-refractivity contribution in [3.8, 4) is 0 Å². The first-order chi connectivity index (χ1) is 8.97. The van der Waals surface area contributed by atoms with E-state index in [0.29, 0.717) is 25.3 Å². The predicted molar refractivity (Wildman–Crippen MR) is 75.8 cm³/mol. The number of amides is 2. The zero-order chi connectivity index (χ0) is 14.3. The molecule has 1 fully saturated rings. The van der Waals surface area contributed by atoms with E-state index in [4.69, 9.17) is 0 Å². The molecule has 2 amide bonds. The molecule has 0 bridgehead atoms. The fourth-order valence-electron chi connectivity index (χ4n) is 2.37. The summed E-state index contributed by atoms with van der Waals surface area (Å²) in [6.07, 6.45) is 3.45. The van der Waals surface area contributed by atoms with Gasteiger partial charge >= 0.3 is 0 Å². The van der Waals surface area contributed by atoms with Crippen molar-refractivity contribution in [3.05, 3.63) is 0 Å². The predicted octanol–water partition coefficient (Wildman–Crippen LogP) is 0.938. The lowest BCUT2D eigenvalue weighted by atomic mass is 10.0. The van der Waals surface area contributed by atoms with Crippen LogP contribution in [-0.2, 0) is 9.59 Å². The highest BCUT2D eigenvalue weighted by atomic mass is 16.2. The molecule has 0 spiro atoms. The Kier molecular flexibility index (Phi) is 6.84. The van der Waals surface area contributed by atoms with Crippen molar-refractivity contribution < 1.29 is 9.59 Å². The zero-order valence-electron chi connectivity index (χ0n) is 12.3. The molecule has 3 N–H and O–H groups in total. The Morgan fingerprint density at radius 3 is 2.58 bits per heavy atom. The van der Waals surface area contributed by atoms with E-state index in [2.05, 4.69) is 22.9 Å². The SMILES string of the molecule is CC(C)NC(=O)CCCC(=O)NC1CCNC(C)C1. The van der Waals surface area contributed by atoms with E-state index in [1.807, 2.05) is 13.8 Å². The number of nitrogens with one attached hydrogen (secondary N) is 3. The molecule has 2 atom stereocenters. The summed E-state index contributed by atoms with van der Waals surface area (Å²) in [5.74, 6) is 0.0923. The van der Waals surface area contributed by atoms with Crippen molar-refractivity contribution in [2.24, 2.45) is 0 Å². The topological polar surface area (TPSA) is 70.2 Å². The fourth-order valence-corrected chi connectivity index (χ4v) is 2.37. The van der Waals surface area contributed by atoms with Crippen molar-refractivity contribution in [3.63, 3.8) is 0 Å². The third-order valence-electron chi connectivity index (χ3n) is 3.25. The highest BCUT2D eigenvalue weighted by molar-refractivity contribution is 5.79. The Labute approximate surface area is 115 Å². The minimum atomic E-state index is 0.0262. The monoisotopic (exact) mass is 269 g/mol. The number of hydrogen-bond acceptors (Lipinski definition) is 3. The minimum absolute atomic E-state index is 0.0262. The highest BCUT2D eigenvalue weighted by Crippen LogP contribution is 2.08. The van der Waals surface area contributed by atoms with E-state index in [1.165, 1.54) is 0 Å². The van der Waals surface area contributed by atoms with Crippen molar-refractivity contribution >= 4 is 11.8 Å². The van der Waals surface area contributed by atoms with E-state index in [0.717, 1.165) is 19.4 Å². The second-order valence-electron chi connectivity index (χ2n) is 5.72. The zero-order valence-corrected chi connectivity index (χ0v) is 12.3. The summed E-state index contributed by atoms with van der Waals surface area (Å²) in [6, 6.07) is 0.918. The van der Waals surface area contributed by atoms with Gasteiger partial charge < -0.3 is 16.0 Å². The number of piperidine rings is 1. The average Bonchev–Trinajstić information content (AvgIpc) is 2.27. The van der Waals surface area contributed by atoms with Crippen LogP contribution in [0, 0.1) is 0 Å². The van der Waals surface area contributed by atoms with E-state index in [1.54, 1.807) is 0 Å². The molecule has 0 radical (unpaired) electrons. The van der Waals surface area contributed by atoms with Gasteiger partial charge in [-0.15, -0.1) is 0 Å². The summed E-state index contributed by atoms with van der Waals surface area (Å²) < 4.78 is 0. The molecular weight excluding hydrogens is 242 g/mol. The Bertz CT molecular complexity index is 305. The van der Waals surface area contributed by atoms with Crippen LogP contribution in [0.3, 0.4) is 0 Å².